The molecule has 0 aliphatic carbocycles. The molecular formula is C17H18N6OS2. The van der Waals surface area contributed by atoms with E-state index in [1.165, 1.54) is 34.7 Å². The van der Waals surface area contributed by atoms with Crippen molar-refractivity contribution in [1.82, 2.24) is 15.0 Å². The molecule has 0 fully saturated rings. The molecule has 2 aromatic heterocycles. The van der Waals surface area contributed by atoms with Gasteiger partial charge in [0.1, 0.15) is 11.6 Å². The van der Waals surface area contributed by atoms with Gasteiger partial charge in [-0.2, -0.15) is 0 Å². The minimum Gasteiger partial charge on any atom is -0.383 e. The minimum absolute atomic E-state index is 0.112. The van der Waals surface area contributed by atoms with E-state index < -0.39 is 0 Å². The Hall–Kier alpha value is -2.65. The zero-order valence-corrected chi connectivity index (χ0v) is 15.7. The maximum atomic E-state index is 12.1. The van der Waals surface area contributed by atoms with Crippen molar-refractivity contribution in [2.24, 2.45) is 0 Å². The molecule has 134 valence electrons. The standard InChI is InChI=1S/C17H18N6OS2/c1-10-2-4-11(5-3-10)12-9-26-16(20-12)23-15(24)6-7-25-17-21-13(18)8-14(19)22-17/h2-5,8-9H,6-7H2,1H3,(H,20,23,24)(H4,18,19,21,22). The Balaban J connectivity index is 1.51. The molecule has 2 heterocycles. The fraction of sp³-hybridized carbons (Fsp3) is 0.176. The first-order chi connectivity index (χ1) is 12.5. The van der Waals surface area contributed by atoms with Gasteiger partial charge in [0.2, 0.25) is 5.91 Å². The molecule has 3 aromatic rings. The summed E-state index contributed by atoms with van der Waals surface area (Å²) in [6, 6.07) is 9.60. The summed E-state index contributed by atoms with van der Waals surface area (Å²) < 4.78 is 0. The van der Waals surface area contributed by atoms with E-state index in [1.54, 1.807) is 0 Å². The van der Waals surface area contributed by atoms with Crippen molar-refractivity contribution in [2.45, 2.75) is 18.5 Å². The highest BCUT2D eigenvalue weighted by atomic mass is 32.2. The topological polar surface area (TPSA) is 120 Å². The average molecular weight is 387 g/mol. The Morgan fingerprint density at radius 2 is 1.85 bits per heavy atom. The molecule has 0 saturated heterocycles. The maximum Gasteiger partial charge on any atom is 0.226 e. The van der Waals surface area contributed by atoms with Crippen molar-refractivity contribution in [3.8, 4) is 11.3 Å². The lowest BCUT2D eigenvalue weighted by molar-refractivity contribution is -0.115. The van der Waals surface area contributed by atoms with Crippen molar-refractivity contribution < 1.29 is 4.79 Å². The molecule has 0 radical (unpaired) electrons. The van der Waals surface area contributed by atoms with Gasteiger partial charge in [0.15, 0.2) is 10.3 Å². The number of nitrogens with one attached hydrogen (secondary N) is 1. The van der Waals surface area contributed by atoms with Crippen molar-refractivity contribution in [3.05, 3.63) is 41.3 Å². The van der Waals surface area contributed by atoms with E-state index in [9.17, 15) is 4.79 Å². The summed E-state index contributed by atoms with van der Waals surface area (Å²) in [4.78, 5) is 24.7. The Bertz CT molecular complexity index is 890. The maximum absolute atomic E-state index is 12.1. The Morgan fingerprint density at radius 3 is 2.54 bits per heavy atom. The molecule has 0 bridgehead atoms. The molecular weight excluding hydrogens is 368 g/mol. The third-order valence-corrected chi connectivity index (χ3v) is 5.01. The number of carbonyl (C=O) groups excluding carboxylic acids is 1. The van der Waals surface area contributed by atoms with E-state index in [0.717, 1.165) is 11.3 Å². The summed E-state index contributed by atoms with van der Waals surface area (Å²) in [6.45, 7) is 2.04. The number of carbonyl (C=O) groups is 1. The number of thioether (sulfide) groups is 1. The lowest BCUT2D eigenvalue weighted by Crippen LogP contribution is -2.12. The van der Waals surface area contributed by atoms with E-state index in [2.05, 4.69) is 20.3 Å². The Morgan fingerprint density at radius 1 is 1.15 bits per heavy atom. The molecule has 0 atom stereocenters. The van der Waals surface area contributed by atoms with Crippen LogP contribution in [0.2, 0.25) is 0 Å². The number of aryl methyl sites for hydroxylation is 1. The van der Waals surface area contributed by atoms with Crippen LogP contribution in [0.15, 0.2) is 40.9 Å². The van der Waals surface area contributed by atoms with Crippen LogP contribution >= 0.6 is 23.1 Å². The number of thiazole rings is 1. The predicted octanol–water partition coefficient (Wildman–Crippen LogP) is 3.19. The number of hydrogen-bond donors (Lipinski definition) is 3. The normalized spacial score (nSPS) is 10.7. The largest absolute Gasteiger partial charge is 0.383 e. The van der Waals surface area contributed by atoms with Crippen LogP contribution in [0.5, 0.6) is 0 Å². The van der Waals surface area contributed by atoms with Gasteiger partial charge >= 0.3 is 0 Å². The molecule has 0 aliphatic rings. The van der Waals surface area contributed by atoms with Crippen LogP contribution in [0.1, 0.15) is 12.0 Å². The van der Waals surface area contributed by atoms with Crippen LogP contribution in [0, 0.1) is 6.92 Å². The minimum atomic E-state index is -0.112. The quantitative estimate of drug-likeness (QED) is 0.439. The third kappa shape index (κ3) is 4.93. The van der Waals surface area contributed by atoms with Crippen LogP contribution in [0.4, 0.5) is 16.8 Å². The molecule has 0 unspecified atom stereocenters. The van der Waals surface area contributed by atoms with Crippen molar-refractivity contribution in [1.29, 1.82) is 0 Å². The van der Waals surface area contributed by atoms with Crippen molar-refractivity contribution in [2.75, 3.05) is 22.5 Å². The Labute approximate surface area is 159 Å². The zero-order valence-electron chi connectivity index (χ0n) is 14.1. The van der Waals surface area contributed by atoms with Gasteiger partial charge in [0.25, 0.3) is 0 Å². The third-order valence-electron chi connectivity index (χ3n) is 3.40. The molecule has 0 saturated carbocycles. The fourth-order valence-corrected chi connectivity index (χ4v) is 3.68. The van der Waals surface area contributed by atoms with Crippen molar-refractivity contribution in [3.63, 3.8) is 0 Å². The van der Waals surface area contributed by atoms with Gasteiger partial charge in [-0.1, -0.05) is 41.6 Å². The lowest BCUT2D eigenvalue weighted by atomic mass is 10.1. The molecule has 5 N–H and O–H groups in total. The van der Waals surface area contributed by atoms with Crippen LogP contribution in [0.25, 0.3) is 11.3 Å². The van der Waals surface area contributed by atoms with E-state index in [4.69, 9.17) is 11.5 Å². The molecule has 1 aromatic carbocycles. The van der Waals surface area contributed by atoms with E-state index in [-0.39, 0.29) is 5.91 Å². The van der Waals surface area contributed by atoms with Gasteiger partial charge in [0, 0.05) is 29.2 Å². The first-order valence-corrected chi connectivity index (χ1v) is 9.71. The first kappa shape index (κ1) is 18.2. The van der Waals surface area contributed by atoms with Gasteiger partial charge in [-0.3, -0.25) is 4.79 Å². The summed E-state index contributed by atoms with van der Waals surface area (Å²) in [5.41, 5.74) is 14.3. The molecule has 0 aliphatic heterocycles. The number of anilines is 3. The number of aromatic nitrogens is 3. The second-order valence-corrected chi connectivity index (χ2v) is 7.47. The molecule has 9 heteroatoms. The number of rotatable bonds is 6. The van der Waals surface area contributed by atoms with Crippen LogP contribution in [0.3, 0.4) is 0 Å². The SMILES string of the molecule is Cc1ccc(-c2csc(NC(=O)CCSc3nc(N)cc(N)n3)n2)cc1. The van der Waals surface area contributed by atoms with Crippen LogP contribution in [-0.2, 0) is 4.79 Å². The smallest absolute Gasteiger partial charge is 0.226 e. The fourth-order valence-electron chi connectivity index (χ4n) is 2.13. The zero-order chi connectivity index (χ0) is 18.5. The molecule has 3 rings (SSSR count). The molecule has 7 nitrogen and oxygen atoms in total. The second-order valence-electron chi connectivity index (χ2n) is 5.55. The number of nitrogens with zero attached hydrogens (tertiary/aromatic N) is 3. The number of nitrogen functional groups attached to an aromatic ring is 2. The van der Waals surface area contributed by atoms with E-state index in [0.29, 0.717) is 34.1 Å². The monoisotopic (exact) mass is 386 g/mol. The highest BCUT2D eigenvalue weighted by molar-refractivity contribution is 7.99. The van der Waals surface area contributed by atoms with Gasteiger partial charge in [-0.25, -0.2) is 15.0 Å². The summed E-state index contributed by atoms with van der Waals surface area (Å²) in [5.74, 6) is 1.04. The van der Waals surface area contributed by atoms with E-state index in [1.807, 2.05) is 36.6 Å². The van der Waals surface area contributed by atoms with Gasteiger partial charge < -0.3 is 16.8 Å². The van der Waals surface area contributed by atoms with Gasteiger partial charge in [-0.05, 0) is 6.92 Å². The number of amides is 1. The van der Waals surface area contributed by atoms with Crippen molar-refractivity contribution >= 4 is 45.8 Å². The van der Waals surface area contributed by atoms with Crippen LogP contribution in [-0.4, -0.2) is 26.6 Å². The molecule has 1 amide bonds. The lowest BCUT2D eigenvalue weighted by Gasteiger charge is -2.03. The number of nitrogens with two attached hydrogens (primary N) is 2. The summed E-state index contributed by atoms with van der Waals surface area (Å²) in [7, 11) is 0. The average Bonchev–Trinajstić information content (AvgIpc) is 3.03. The second kappa shape index (κ2) is 8.15. The number of hydrogen-bond acceptors (Lipinski definition) is 8. The van der Waals surface area contributed by atoms with Crippen LogP contribution < -0.4 is 16.8 Å². The Kier molecular flexibility index (Phi) is 5.69. The summed E-state index contributed by atoms with van der Waals surface area (Å²) >= 11 is 2.73. The highest BCUT2D eigenvalue weighted by Crippen LogP contribution is 2.25. The summed E-state index contributed by atoms with van der Waals surface area (Å²) in [6.07, 6.45) is 0.308. The first-order valence-electron chi connectivity index (χ1n) is 7.85. The molecule has 0 spiro atoms. The summed E-state index contributed by atoms with van der Waals surface area (Å²) in [5, 5.41) is 5.79. The highest BCUT2D eigenvalue weighted by Gasteiger charge is 2.09. The van der Waals surface area contributed by atoms with Gasteiger partial charge in [-0.15, -0.1) is 11.3 Å². The van der Waals surface area contributed by atoms with Gasteiger partial charge in [0.05, 0.1) is 5.69 Å². The predicted molar refractivity (Wildman–Crippen MR) is 107 cm³/mol. The number of benzene rings is 1. The van der Waals surface area contributed by atoms with E-state index >= 15 is 0 Å². The molecule has 26 heavy (non-hydrogen) atoms.